The number of carbonyl (C=O) groups is 5. The van der Waals surface area contributed by atoms with Crippen LogP contribution in [-0.4, -0.2) is 133 Å². The molecule has 0 saturated carbocycles. The summed E-state index contributed by atoms with van der Waals surface area (Å²) in [7, 11) is 0.174. The highest BCUT2D eigenvalue weighted by atomic mass is 32.2. The number of fused-ring (bicyclic) bond motifs is 1. The quantitative estimate of drug-likeness (QED) is 0.0948. The Labute approximate surface area is 380 Å². The van der Waals surface area contributed by atoms with Crippen LogP contribution in [0.4, 0.5) is 14.4 Å². The first kappa shape index (κ1) is 46.9. The van der Waals surface area contributed by atoms with Crippen molar-refractivity contribution in [2.75, 3.05) is 47.5 Å². The lowest BCUT2D eigenvalue weighted by Gasteiger charge is -2.46. The minimum Gasteiger partial charge on any atom is -0.497 e. The topological polar surface area (TPSA) is 217 Å². The summed E-state index contributed by atoms with van der Waals surface area (Å²) < 4.78 is 66.4. The van der Waals surface area contributed by atoms with Crippen molar-refractivity contribution in [2.45, 2.75) is 63.5 Å². The van der Waals surface area contributed by atoms with E-state index >= 15 is 0 Å². The zero-order valence-corrected chi connectivity index (χ0v) is 38.0. The molecule has 65 heavy (non-hydrogen) atoms. The fourth-order valence-corrected chi connectivity index (χ4v) is 11.4. The molecule has 19 nitrogen and oxygen atoms in total. The molecule has 4 heterocycles. The standard InChI is InChI=1S/C44H50N4O15S2/c1-26-37-36(27(2)49)40(50)48(37)38(41(51)63-44(54)62-25-30-10-16-34(59-5)17-11-30)39(26)64-35-20-31(46(22-35)42(52)60-23-28-6-12-32(57-3)13-7-28)21-45-18-19-47(65(45,55)56)43(53)61-24-29-8-14-33(58-4)15-9-29/h6-17,26-27,31,35-37,49H,18-25H2,1-5H3/t26-,27-,31+,35+,36-,37-/m1/s1. The maximum atomic E-state index is 13.9. The molecule has 7 rings (SSSR count). The predicted octanol–water partition coefficient (Wildman–Crippen LogP) is 4.67. The van der Waals surface area contributed by atoms with Crippen LogP contribution in [0.15, 0.2) is 83.4 Å². The van der Waals surface area contributed by atoms with Gasteiger partial charge in [0, 0.05) is 35.7 Å². The third-order valence-electron chi connectivity index (χ3n) is 11.7. The zero-order chi connectivity index (χ0) is 46.6. The van der Waals surface area contributed by atoms with Crippen molar-refractivity contribution in [2.24, 2.45) is 11.8 Å². The largest absolute Gasteiger partial charge is 0.516 e. The molecular weight excluding hydrogens is 889 g/mol. The van der Waals surface area contributed by atoms with E-state index in [1.165, 1.54) is 49.8 Å². The molecule has 3 aromatic rings. The highest BCUT2D eigenvalue weighted by Gasteiger charge is 2.61. The summed E-state index contributed by atoms with van der Waals surface area (Å²) in [6.07, 6.45) is -3.94. The molecule has 4 aliphatic heterocycles. The summed E-state index contributed by atoms with van der Waals surface area (Å²) in [4.78, 5) is 70.2. The Bertz CT molecular complexity index is 2400. The fraction of sp³-hybridized carbons (Fsp3) is 0.432. The lowest BCUT2D eigenvalue weighted by Crippen LogP contribution is -2.63. The first-order chi connectivity index (χ1) is 31.1. The Morgan fingerprint density at radius 2 is 1.28 bits per heavy atom. The molecule has 3 amide bonds. The number of hydrogen-bond acceptors (Lipinski definition) is 16. The summed E-state index contributed by atoms with van der Waals surface area (Å²) in [5, 5.41) is 10.1. The molecule has 3 saturated heterocycles. The van der Waals surface area contributed by atoms with E-state index < -0.39 is 75.7 Å². The lowest BCUT2D eigenvalue weighted by molar-refractivity contribution is -0.163. The summed E-state index contributed by atoms with van der Waals surface area (Å²) in [6.45, 7) is 2.33. The Balaban J connectivity index is 1.09. The van der Waals surface area contributed by atoms with E-state index in [-0.39, 0.29) is 58.1 Å². The van der Waals surface area contributed by atoms with Gasteiger partial charge in [-0.25, -0.2) is 19.2 Å². The van der Waals surface area contributed by atoms with Crippen LogP contribution in [0.2, 0.25) is 0 Å². The molecule has 348 valence electrons. The van der Waals surface area contributed by atoms with Crippen LogP contribution in [0.3, 0.4) is 0 Å². The van der Waals surface area contributed by atoms with Gasteiger partial charge >= 0.3 is 34.5 Å². The van der Waals surface area contributed by atoms with Crippen LogP contribution < -0.4 is 14.2 Å². The number of likely N-dealkylation sites (tertiary alicyclic amines) is 1. The number of amides is 3. The third-order valence-corrected chi connectivity index (χ3v) is 15.1. The minimum absolute atomic E-state index is 0.0270. The van der Waals surface area contributed by atoms with E-state index in [4.69, 9.17) is 33.2 Å². The van der Waals surface area contributed by atoms with Gasteiger partial charge in [0.05, 0.1) is 52.0 Å². The van der Waals surface area contributed by atoms with Crippen LogP contribution in [-0.2, 0) is 58.6 Å². The molecule has 3 aromatic carbocycles. The van der Waals surface area contributed by atoms with Crippen LogP contribution >= 0.6 is 11.8 Å². The van der Waals surface area contributed by atoms with E-state index in [0.717, 1.165) is 4.31 Å². The number of rotatable bonds is 15. The van der Waals surface area contributed by atoms with Crippen LogP contribution in [0.5, 0.6) is 17.2 Å². The Morgan fingerprint density at radius 3 is 1.78 bits per heavy atom. The minimum atomic E-state index is -4.39. The number of hydrogen-bond donors (Lipinski definition) is 1. The van der Waals surface area contributed by atoms with Gasteiger partial charge in [-0.1, -0.05) is 43.3 Å². The summed E-state index contributed by atoms with van der Waals surface area (Å²) in [6, 6.07) is 18.9. The first-order valence-corrected chi connectivity index (χ1v) is 23.0. The van der Waals surface area contributed by atoms with E-state index in [1.807, 2.05) is 0 Å². The molecule has 6 atom stereocenters. The van der Waals surface area contributed by atoms with Gasteiger partial charge in [-0.05, 0) is 66.4 Å². The van der Waals surface area contributed by atoms with E-state index in [2.05, 4.69) is 0 Å². The van der Waals surface area contributed by atoms with Gasteiger partial charge in [0.1, 0.15) is 42.8 Å². The highest BCUT2D eigenvalue weighted by molar-refractivity contribution is 8.03. The second kappa shape index (κ2) is 20.0. The maximum Gasteiger partial charge on any atom is 0.516 e. The smallest absolute Gasteiger partial charge is 0.497 e. The summed E-state index contributed by atoms with van der Waals surface area (Å²) >= 11 is 1.19. The van der Waals surface area contributed by atoms with Gasteiger partial charge in [-0.2, -0.15) is 17.0 Å². The first-order valence-electron chi connectivity index (χ1n) is 20.7. The highest BCUT2D eigenvalue weighted by Crippen LogP contribution is 2.52. The number of thioether (sulfide) groups is 1. The molecule has 0 unspecified atom stereocenters. The Morgan fingerprint density at radius 1 is 0.769 bits per heavy atom. The van der Waals surface area contributed by atoms with Crippen molar-refractivity contribution in [3.05, 3.63) is 100 Å². The monoisotopic (exact) mass is 938 g/mol. The van der Waals surface area contributed by atoms with Gasteiger partial charge in [0.2, 0.25) is 5.91 Å². The van der Waals surface area contributed by atoms with Crippen molar-refractivity contribution in [3.8, 4) is 17.2 Å². The number of nitrogens with zero attached hydrogens (tertiary/aromatic N) is 4. The number of methoxy groups -OCH3 is 3. The fourth-order valence-electron chi connectivity index (χ4n) is 8.29. The molecule has 0 bridgehead atoms. The van der Waals surface area contributed by atoms with E-state index in [0.29, 0.717) is 43.1 Å². The average molecular weight is 939 g/mol. The molecular formula is C44H50N4O15S2. The number of aliphatic hydroxyl groups is 1. The van der Waals surface area contributed by atoms with Crippen LogP contribution in [0, 0.1) is 11.8 Å². The summed E-state index contributed by atoms with van der Waals surface area (Å²) in [5.41, 5.74) is 1.71. The molecule has 1 N–H and O–H groups in total. The third kappa shape index (κ3) is 10.1. The Kier molecular flexibility index (Phi) is 14.5. The van der Waals surface area contributed by atoms with Crippen molar-refractivity contribution in [1.29, 1.82) is 0 Å². The number of carbonyl (C=O) groups excluding carboxylic acids is 5. The molecule has 21 heteroatoms. The van der Waals surface area contributed by atoms with Crippen LogP contribution in [0.25, 0.3) is 0 Å². The molecule has 0 aliphatic carbocycles. The van der Waals surface area contributed by atoms with Gasteiger partial charge in [-0.3, -0.25) is 4.79 Å². The number of esters is 1. The van der Waals surface area contributed by atoms with Crippen LogP contribution in [0.1, 0.15) is 37.0 Å². The zero-order valence-electron chi connectivity index (χ0n) is 36.3. The van der Waals surface area contributed by atoms with Gasteiger partial charge in [-0.15, -0.1) is 11.8 Å². The van der Waals surface area contributed by atoms with E-state index in [9.17, 15) is 37.5 Å². The average Bonchev–Trinajstić information content (AvgIpc) is 3.92. The van der Waals surface area contributed by atoms with Crippen molar-refractivity contribution < 1.29 is 70.7 Å². The van der Waals surface area contributed by atoms with Gasteiger partial charge < -0.3 is 48.1 Å². The van der Waals surface area contributed by atoms with Crippen molar-refractivity contribution in [1.82, 2.24) is 18.4 Å². The maximum absolute atomic E-state index is 13.9. The number of aliphatic hydroxyl groups excluding tert-OH is 1. The van der Waals surface area contributed by atoms with Gasteiger partial charge in [0.25, 0.3) is 0 Å². The Hall–Kier alpha value is -6.03. The SMILES string of the molecule is COc1ccc(COC(=O)OC(=O)C2=C(S[C@H]3C[C@@H](CN4CCN(C(=O)OCc5ccc(OC)cc5)S4(=O)=O)N(C(=O)OCc4ccc(OC)cc4)C3)[C@H](C)[C@@H]3[C@@H]([C@@H](C)O)C(=O)N23)cc1. The van der Waals surface area contributed by atoms with E-state index in [1.54, 1.807) is 79.7 Å². The second-order valence-corrected chi connectivity index (χ2v) is 19.0. The molecule has 3 fully saturated rings. The molecule has 0 spiro atoms. The predicted molar refractivity (Wildman–Crippen MR) is 231 cm³/mol. The molecule has 0 aromatic heterocycles. The van der Waals surface area contributed by atoms with Crippen molar-refractivity contribution in [3.63, 3.8) is 0 Å². The number of ether oxygens (including phenoxy) is 7. The second-order valence-electron chi connectivity index (χ2n) is 15.8. The molecule has 4 aliphatic rings. The van der Waals surface area contributed by atoms with Crippen molar-refractivity contribution >= 4 is 52.2 Å². The van der Waals surface area contributed by atoms with Gasteiger partial charge in [0.15, 0.2) is 0 Å². The number of β-lactam (4-membered cyclic amide) rings is 1. The molecule has 0 radical (unpaired) electrons. The number of benzene rings is 3. The lowest BCUT2D eigenvalue weighted by atomic mass is 9.79. The normalized spacial score (nSPS) is 22.8. The summed E-state index contributed by atoms with van der Waals surface area (Å²) in [5.74, 6) is -1.19.